The minimum Gasteiger partial charge on any atom is -0.493 e. The third kappa shape index (κ3) is 2.18. The molecule has 1 saturated heterocycles. The molecule has 2 N–H and O–H groups in total. The van der Waals surface area contributed by atoms with Crippen LogP contribution in [-0.4, -0.2) is 21.7 Å². The van der Waals surface area contributed by atoms with Crippen molar-refractivity contribution in [1.29, 1.82) is 0 Å². The van der Waals surface area contributed by atoms with Gasteiger partial charge in [0.25, 0.3) is 5.56 Å². The lowest BCUT2D eigenvalue weighted by molar-refractivity contribution is 0.104. The van der Waals surface area contributed by atoms with E-state index in [1.807, 2.05) is 0 Å². The first-order chi connectivity index (χ1) is 9.66. The Morgan fingerprint density at radius 1 is 1.40 bits per heavy atom. The van der Waals surface area contributed by atoms with E-state index in [9.17, 15) is 14.3 Å². The third-order valence-electron chi connectivity index (χ3n) is 3.30. The van der Waals surface area contributed by atoms with Crippen LogP contribution in [0.15, 0.2) is 29.1 Å². The summed E-state index contributed by atoms with van der Waals surface area (Å²) in [4.78, 5) is 18.6. The number of aromatic amines is 1. The molecule has 0 aliphatic carbocycles. The fraction of sp³-hybridized carbons (Fsp3) is 0.286. The van der Waals surface area contributed by atoms with Crippen LogP contribution in [0.25, 0.3) is 11.1 Å². The van der Waals surface area contributed by atoms with Crippen molar-refractivity contribution in [1.82, 2.24) is 9.97 Å². The Morgan fingerprint density at radius 2 is 2.20 bits per heavy atom. The van der Waals surface area contributed by atoms with Gasteiger partial charge in [-0.2, -0.15) is 4.98 Å². The quantitative estimate of drug-likeness (QED) is 0.881. The lowest BCUT2D eigenvalue weighted by Crippen LogP contribution is -2.16. The van der Waals surface area contributed by atoms with Crippen molar-refractivity contribution in [3.8, 4) is 17.0 Å². The van der Waals surface area contributed by atoms with Gasteiger partial charge in [-0.1, -0.05) is 18.2 Å². The van der Waals surface area contributed by atoms with Crippen LogP contribution in [0.2, 0.25) is 0 Å². The van der Waals surface area contributed by atoms with E-state index >= 15 is 0 Å². The molecule has 0 spiro atoms. The van der Waals surface area contributed by atoms with E-state index in [0.717, 1.165) is 12.8 Å². The molecule has 2 heterocycles. The summed E-state index contributed by atoms with van der Waals surface area (Å²) < 4.78 is 19.1. The Kier molecular flexibility index (Phi) is 3.23. The molecule has 5 nitrogen and oxygen atoms in total. The fourth-order valence-electron chi connectivity index (χ4n) is 2.33. The van der Waals surface area contributed by atoms with Crippen molar-refractivity contribution in [2.24, 2.45) is 0 Å². The van der Waals surface area contributed by atoms with Gasteiger partial charge >= 0.3 is 0 Å². The molecule has 0 amide bonds. The number of benzene rings is 1. The van der Waals surface area contributed by atoms with Gasteiger partial charge in [0, 0.05) is 12.2 Å². The van der Waals surface area contributed by atoms with E-state index in [1.165, 1.54) is 18.2 Å². The molecule has 2 aromatic rings. The molecule has 20 heavy (non-hydrogen) atoms. The van der Waals surface area contributed by atoms with Crippen LogP contribution in [0.5, 0.6) is 5.88 Å². The lowest BCUT2D eigenvalue weighted by atomic mass is 10.1. The van der Waals surface area contributed by atoms with Crippen LogP contribution in [0.4, 0.5) is 4.39 Å². The van der Waals surface area contributed by atoms with Crippen molar-refractivity contribution in [2.75, 3.05) is 6.61 Å². The number of nitrogens with zero attached hydrogens (tertiary/aromatic N) is 1. The summed E-state index contributed by atoms with van der Waals surface area (Å²) in [6.07, 6.45) is 1.30. The summed E-state index contributed by atoms with van der Waals surface area (Å²) in [5.41, 5.74) is -0.712. The second-order valence-corrected chi connectivity index (χ2v) is 4.63. The number of H-pyrrole nitrogens is 1. The van der Waals surface area contributed by atoms with Crippen LogP contribution in [0.1, 0.15) is 24.8 Å². The van der Waals surface area contributed by atoms with Gasteiger partial charge in [-0.3, -0.25) is 4.79 Å². The average molecular weight is 276 g/mol. The minimum atomic E-state index is -0.583. The van der Waals surface area contributed by atoms with Crippen molar-refractivity contribution in [3.63, 3.8) is 0 Å². The summed E-state index contributed by atoms with van der Waals surface area (Å²) in [6, 6.07) is 5.75. The Bertz CT molecular complexity index is 693. The number of hydrogen-bond donors (Lipinski definition) is 2. The molecule has 1 aliphatic rings. The molecule has 0 bridgehead atoms. The molecular formula is C14H13FN2O3. The number of aromatic hydroxyl groups is 1. The van der Waals surface area contributed by atoms with E-state index in [2.05, 4.69) is 9.97 Å². The lowest BCUT2D eigenvalue weighted by Gasteiger charge is -2.10. The van der Waals surface area contributed by atoms with Crippen molar-refractivity contribution in [2.45, 2.75) is 18.9 Å². The second kappa shape index (κ2) is 5.05. The average Bonchev–Trinajstić information content (AvgIpc) is 2.94. The van der Waals surface area contributed by atoms with Crippen LogP contribution in [-0.2, 0) is 4.74 Å². The van der Waals surface area contributed by atoms with Crippen LogP contribution >= 0.6 is 0 Å². The van der Waals surface area contributed by atoms with Crippen LogP contribution in [0, 0.1) is 5.82 Å². The zero-order chi connectivity index (χ0) is 14.1. The van der Waals surface area contributed by atoms with Crippen molar-refractivity contribution in [3.05, 3.63) is 46.3 Å². The molecule has 104 valence electrons. The predicted octanol–water partition coefficient (Wildman–Crippen LogP) is 2.13. The normalized spacial score (nSPS) is 18.4. The number of rotatable bonds is 2. The summed E-state index contributed by atoms with van der Waals surface area (Å²) in [5.74, 6) is -0.783. The van der Waals surface area contributed by atoms with Crippen LogP contribution in [0.3, 0.4) is 0 Å². The minimum absolute atomic E-state index is 0.0256. The molecule has 0 radical (unpaired) electrons. The van der Waals surface area contributed by atoms with E-state index in [-0.39, 0.29) is 23.1 Å². The maximum absolute atomic E-state index is 13.7. The van der Waals surface area contributed by atoms with Gasteiger partial charge < -0.3 is 14.8 Å². The first kappa shape index (κ1) is 12.8. The highest BCUT2D eigenvalue weighted by Crippen LogP contribution is 2.30. The van der Waals surface area contributed by atoms with Gasteiger partial charge in [-0.25, -0.2) is 4.39 Å². The number of halogens is 1. The highest BCUT2D eigenvalue weighted by atomic mass is 19.1. The molecule has 1 aromatic carbocycles. The Labute approximate surface area is 114 Å². The molecule has 1 atom stereocenters. The molecule has 1 aliphatic heterocycles. The van der Waals surface area contributed by atoms with E-state index in [1.54, 1.807) is 6.07 Å². The van der Waals surface area contributed by atoms with E-state index < -0.39 is 17.3 Å². The third-order valence-corrected chi connectivity index (χ3v) is 3.30. The predicted molar refractivity (Wildman–Crippen MR) is 69.8 cm³/mol. The molecule has 1 unspecified atom stereocenters. The number of aromatic nitrogens is 2. The van der Waals surface area contributed by atoms with Crippen molar-refractivity contribution >= 4 is 0 Å². The smallest absolute Gasteiger partial charge is 0.262 e. The van der Waals surface area contributed by atoms with Crippen molar-refractivity contribution < 1.29 is 14.2 Å². The molecule has 3 rings (SSSR count). The molecule has 1 aromatic heterocycles. The molecule has 1 fully saturated rings. The molecular weight excluding hydrogens is 263 g/mol. The first-order valence-corrected chi connectivity index (χ1v) is 6.36. The van der Waals surface area contributed by atoms with Gasteiger partial charge in [0.05, 0.1) is 0 Å². The Balaban J connectivity index is 2.10. The molecule has 6 heteroatoms. The van der Waals surface area contributed by atoms with Crippen LogP contribution < -0.4 is 5.56 Å². The summed E-state index contributed by atoms with van der Waals surface area (Å²) in [6.45, 7) is 0.601. The SMILES string of the molecule is O=c1[nH]c(C2CCCO2)nc(O)c1-c1ccccc1F. The number of hydrogen-bond acceptors (Lipinski definition) is 4. The number of nitrogens with one attached hydrogen (secondary N) is 1. The van der Waals surface area contributed by atoms with Gasteiger partial charge in [0.15, 0.2) is 0 Å². The standard InChI is InChI=1S/C14H13FN2O3/c15-9-5-2-1-4-8(9)11-13(18)16-12(17-14(11)19)10-6-3-7-20-10/h1-2,4-5,10H,3,6-7H2,(H2,16,17,18,19). The van der Waals surface area contributed by atoms with Gasteiger partial charge in [-0.05, 0) is 18.9 Å². The van der Waals surface area contributed by atoms with E-state index in [0.29, 0.717) is 6.61 Å². The van der Waals surface area contributed by atoms with Gasteiger partial charge in [-0.15, -0.1) is 0 Å². The van der Waals surface area contributed by atoms with E-state index in [4.69, 9.17) is 4.74 Å². The number of ether oxygens (including phenoxy) is 1. The largest absolute Gasteiger partial charge is 0.493 e. The Morgan fingerprint density at radius 3 is 2.85 bits per heavy atom. The van der Waals surface area contributed by atoms with Gasteiger partial charge in [0.2, 0.25) is 5.88 Å². The topological polar surface area (TPSA) is 75.2 Å². The first-order valence-electron chi connectivity index (χ1n) is 6.36. The summed E-state index contributed by atoms with van der Waals surface area (Å²) >= 11 is 0. The van der Waals surface area contributed by atoms with Gasteiger partial charge in [0.1, 0.15) is 23.3 Å². The second-order valence-electron chi connectivity index (χ2n) is 4.63. The summed E-state index contributed by atoms with van der Waals surface area (Å²) in [7, 11) is 0. The maximum atomic E-state index is 13.7. The zero-order valence-corrected chi connectivity index (χ0v) is 10.6. The zero-order valence-electron chi connectivity index (χ0n) is 10.6. The fourth-order valence-corrected chi connectivity index (χ4v) is 2.33. The Hall–Kier alpha value is -2.21. The molecule has 0 saturated carbocycles. The maximum Gasteiger partial charge on any atom is 0.262 e. The highest BCUT2D eigenvalue weighted by molar-refractivity contribution is 5.67. The monoisotopic (exact) mass is 276 g/mol. The highest BCUT2D eigenvalue weighted by Gasteiger charge is 2.23. The summed E-state index contributed by atoms with van der Waals surface area (Å²) in [5, 5.41) is 9.96.